The van der Waals surface area contributed by atoms with Crippen LogP contribution >= 0.6 is 0 Å². The average molecular weight is 359 g/mol. The number of aromatic amines is 1. The first-order chi connectivity index (χ1) is 12.6. The number of para-hydroxylation sites is 2. The van der Waals surface area contributed by atoms with Crippen molar-refractivity contribution in [3.05, 3.63) is 59.9 Å². The number of halogens is 2. The number of carbonyl (C=O) groups excluding carboxylic acids is 1. The maximum atomic E-state index is 12.1. The minimum atomic E-state index is -2.83. The molecule has 3 rings (SSSR count). The van der Waals surface area contributed by atoms with Crippen LogP contribution in [0.3, 0.4) is 0 Å². The number of H-pyrrole nitrogens is 1. The second kappa shape index (κ2) is 8.42. The standard InChI is InChI=1S/C19H19F2N3O2/c20-19(21)26-14-7-5-13(6-8-14)11-12-22-18(25)10-9-17-23-15-3-1-2-4-16(15)24-17/h1-8,19H,9-12H2,(H,22,25)(H,23,24). The van der Waals surface area contributed by atoms with E-state index in [1.165, 1.54) is 12.1 Å². The average Bonchev–Trinajstić information content (AvgIpc) is 3.04. The van der Waals surface area contributed by atoms with E-state index in [4.69, 9.17) is 0 Å². The number of carbonyl (C=O) groups is 1. The molecule has 26 heavy (non-hydrogen) atoms. The Morgan fingerprint density at radius 2 is 1.88 bits per heavy atom. The number of nitrogens with zero attached hydrogens (tertiary/aromatic N) is 1. The van der Waals surface area contributed by atoms with Gasteiger partial charge in [-0.25, -0.2) is 4.98 Å². The minimum absolute atomic E-state index is 0.0527. The van der Waals surface area contributed by atoms with Gasteiger partial charge in [-0.1, -0.05) is 24.3 Å². The Morgan fingerprint density at radius 3 is 2.62 bits per heavy atom. The van der Waals surface area contributed by atoms with Gasteiger partial charge in [0.2, 0.25) is 5.91 Å². The zero-order valence-corrected chi connectivity index (χ0v) is 14.0. The predicted octanol–water partition coefficient (Wildman–Crippen LogP) is 3.46. The molecule has 0 fully saturated rings. The number of ether oxygens (including phenoxy) is 1. The Balaban J connectivity index is 1.40. The molecule has 1 aromatic heterocycles. The van der Waals surface area contributed by atoms with Crippen LogP contribution in [0.1, 0.15) is 17.8 Å². The Labute approximate surface area is 149 Å². The number of imidazole rings is 1. The van der Waals surface area contributed by atoms with E-state index in [1.807, 2.05) is 24.3 Å². The number of fused-ring (bicyclic) bond motifs is 1. The van der Waals surface area contributed by atoms with Gasteiger partial charge in [0.25, 0.3) is 0 Å². The Hall–Kier alpha value is -2.96. The third-order valence-corrected chi connectivity index (χ3v) is 3.91. The second-order valence-electron chi connectivity index (χ2n) is 5.82. The summed E-state index contributed by atoms with van der Waals surface area (Å²) in [4.78, 5) is 19.6. The molecule has 3 aromatic rings. The second-order valence-corrected chi connectivity index (χ2v) is 5.82. The fourth-order valence-electron chi connectivity index (χ4n) is 2.63. The molecule has 7 heteroatoms. The van der Waals surface area contributed by atoms with Crippen molar-refractivity contribution in [3.8, 4) is 5.75 Å². The van der Waals surface area contributed by atoms with Crippen molar-refractivity contribution in [2.24, 2.45) is 0 Å². The van der Waals surface area contributed by atoms with Crippen LogP contribution in [0.5, 0.6) is 5.75 Å². The number of hydrogen-bond donors (Lipinski definition) is 2. The van der Waals surface area contributed by atoms with Gasteiger partial charge in [0, 0.05) is 19.4 Å². The molecule has 1 heterocycles. The number of rotatable bonds is 8. The number of amides is 1. The van der Waals surface area contributed by atoms with E-state index in [2.05, 4.69) is 20.0 Å². The summed E-state index contributed by atoms with van der Waals surface area (Å²) < 4.78 is 28.5. The molecule has 0 aliphatic carbocycles. The molecule has 0 spiro atoms. The molecule has 0 saturated carbocycles. The summed E-state index contributed by atoms with van der Waals surface area (Å²) >= 11 is 0. The fraction of sp³-hybridized carbons (Fsp3) is 0.263. The van der Waals surface area contributed by atoms with E-state index in [9.17, 15) is 13.6 Å². The van der Waals surface area contributed by atoms with E-state index in [1.54, 1.807) is 12.1 Å². The van der Waals surface area contributed by atoms with E-state index >= 15 is 0 Å². The highest BCUT2D eigenvalue weighted by molar-refractivity contribution is 5.77. The van der Waals surface area contributed by atoms with Crippen molar-refractivity contribution in [1.82, 2.24) is 15.3 Å². The maximum absolute atomic E-state index is 12.1. The molecule has 0 aliphatic heterocycles. The lowest BCUT2D eigenvalue weighted by molar-refractivity contribution is -0.121. The quantitative estimate of drug-likeness (QED) is 0.647. The fourth-order valence-corrected chi connectivity index (χ4v) is 2.63. The highest BCUT2D eigenvalue weighted by atomic mass is 19.3. The lowest BCUT2D eigenvalue weighted by atomic mass is 10.1. The van der Waals surface area contributed by atoms with Gasteiger partial charge in [-0.05, 0) is 36.2 Å². The molecule has 2 aromatic carbocycles. The van der Waals surface area contributed by atoms with Crippen molar-refractivity contribution < 1.29 is 18.3 Å². The molecule has 0 saturated heterocycles. The SMILES string of the molecule is O=C(CCc1nc2ccccc2[nH]1)NCCc1ccc(OC(F)F)cc1. The van der Waals surface area contributed by atoms with Gasteiger partial charge in [0.15, 0.2) is 0 Å². The molecule has 0 atom stereocenters. The summed E-state index contributed by atoms with van der Waals surface area (Å²) in [5, 5.41) is 2.85. The normalized spacial score (nSPS) is 11.0. The van der Waals surface area contributed by atoms with Crippen LogP contribution in [0.4, 0.5) is 8.78 Å². The third kappa shape index (κ3) is 5.02. The highest BCUT2D eigenvalue weighted by Gasteiger charge is 2.07. The Kier molecular flexibility index (Phi) is 5.78. The molecule has 5 nitrogen and oxygen atoms in total. The van der Waals surface area contributed by atoms with Crippen LogP contribution in [0.15, 0.2) is 48.5 Å². The molecule has 0 unspecified atom stereocenters. The summed E-state index contributed by atoms with van der Waals surface area (Å²) in [6.07, 6.45) is 1.51. The number of alkyl halides is 2. The zero-order valence-electron chi connectivity index (χ0n) is 14.0. The van der Waals surface area contributed by atoms with Gasteiger partial charge in [-0.2, -0.15) is 8.78 Å². The largest absolute Gasteiger partial charge is 0.435 e. The topological polar surface area (TPSA) is 67.0 Å². The van der Waals surface area contributed by atoms with Crippen molar-refractivity contribution >= 4 is 16.9 Å². The van der Waals surface area contributed by atoms with Crippen LogP contribution in [0.25, 0.3) is 11.0 Å². The number of aryl methyl sites for hydroxylation is 1. The lowest BCUT2D eigenvalue weighted by Crippen LogP contribution is -2.26. The van der Waals surface area contributed by atoms with Gasteiger partial charge >= 0.3 is 6.61 Å². The number of benzene rings is 2. The van der Waals surface area contributed by atoms with Crippen molar-refractivity contribution in [1.29, 1.82) is 0 Å². The van der Waals surface area contributed by atoms with Gasteiger partial charge in [-0.3, -0.25) is 4.79 Å². The molecule has 2 N–H and O–H groups in total. The molecule has 0 radical (unpaired) electrons. The smallest absolute Gasteiger partial charge is 0.387 e. The van der Waals surface area contributed by atoms with Gasteiger partial charge in [0.1, 0.15) is 11.6 Å². The van der Waals surface area contributed by atoms with Crippen LogP contribution in [-0.2, 0) is 17.6 Å². The first-order valence-corrected chi connectivity index (χ1v) is 8.34. The zero-order chi connectivity index (χ0) is 18.4. The van der Waals surface area contributed by atoms with Gasteiger partial charge in [-0.15, -0.1) is 0 Å². The van der Waals surface area contributed by atoms with Gasteiger partial charge in [0.05, 0.1) is 11.0 Å². The summed E-state index contributed by atoms with van der Waals surface area (Å²) in [5.74, 6) is 0.859. The number of nitrogens with one attached hydrogen (secondary N) is 2. The van der Waals surface area contributed by atoms with E-state index in [0.29, 0.717) is 25.8 Å². The first-order valence-electron chi connectivity index (χ1n) is 8.34. The molecular weight excluding hydrogens is 340 g/mol. The lowest BCUT2D eigenvalue weighted by Gasteiger charge is -2.07. The summed E-state index contributed by atoms with van der Waals surface area (Å²) in [6.45, 7) is -2.35. The maximum Gasteiger partial charge on any atom is 0.387 e. The Bertz CT molecular complexity index is 830. The van der Waals surface area contributed by atoms with Crippen LogP contribution in [0.2, 0.25) is 0 Å². The Morgan fingerprint density at radius 1 is 1.12 bits per heavy atom. The first kappa shape index (κ1) is 17.8. The van der Waals surface area contributed by atoms with Crippen molar-refractivity contribution in [2.75, 3.05) is 6.54 Å². The molecule has 1 amide bonds. The van der Waals surface area contributed by atoms with Gasteiger partial charge < -0.3 is 15.0 Å². The summed E-state index contributed by atoms with van der Waals surface area (Å²) in [6, 6.07) is 14.1. The highest BCUT2D eigenvalue weighted by Crippen LogP contribution is 2.15. The monoisotopic (exact) mass is 359 g/mol. The number of hydrogen-bond acceptors (Lipinski definition) is 3. The molecular formula is C19H19F2N3O2. The van der Waals surface area contributed by atoms with Crippen LogP contribution in [0, 0.1) is 0 Å². The minimum Gasteiger partial charge on any atom is -0.435 e. The van der Waals surface area contributed by atoms with E-state index in [0.717, 1.165) is 22.4 Å². The van der Waals surface area contributed by atoms with Crippen LogP contribution < -0.4 is 10.1 Å². The van der Waals surface area contributed by atoms with Crippen molar-refractivity contribution in [2.45, 2.75) is 25.9 Å². The van der Waals surface area contributed by atoms with E-state index < -0.39 is 6.61 Å². The number of aromatic nitrogens is 2. The summed E-state index contributed by atoms with van der Waals surface area (Å²) in [7, 11) is 0. The van der Waals surface area contributed by atoms with E-state index in [-0.39, 0.29) is 11.7 Å². The van der Waals surface area contributed by atoms with Crippen LogP contribution in [-0.4, -0.2) is 29.0 Å². The predicted molar refractivity (Wildman–Crippen MR) is 94.2 cm³/mol. The summed E-state index contributed by atoms with van der Waals surface area (Å²) in [5.41, 5.74) is 2.79. The third-order valence-electron chi connectivity index (χ3n) is 3.91. The molecule has 0 aliphatic rings. The molecule has 0 bridgehead atoms. The molecule has 136 valence electrons. The van der Waals surface area contributed by atoms with Crippen molar-refractivity contribution in [3.63, 3.8) is 0 Å².